The Morgan fingerprint density at radius 1 is 0.950 bits per heavy atom. The Balaban J connectivity index is 1.44. The van der Waals surface area contributed by atoms with E-state index in [0.717, 1.165) is 29.7 Å². The van der Waals surface area contributed by atoms with E-state index in [2.05, 4.69) is 15.8 Å². The highest BCUT2D eigenvalue weighted by Crippen LogP contribution is 2.38. The molecule has 0 aliphatic heterocycles. The summed E-state index contributed by atoms with van der Waals surface area (Å²) in [5, 5.41) is 7.07. The number of esters is 2. The first kappa shape index (κ1) is 28.8. The average Bonchev–Trinajstić information content (AvgIpc) is 3.33. The van der Waals surface area contributed by atoms with Crippen LogP contribution in [0.3, 0.4) is 0 Å². The van der Waals surface area contributed by atoms with Crippen LogP contribution >= 0.6 is 22.9 Å². The number of ether oxygens (including phenoxy) is 3. The molecule has 3 aromatic rings. The topological polar surface area (TPSA) is 132 Å². The van der Waals surface area contributed by atoms with Crippen molar-refractivity contribution in [2.45, 2.75) is 32.6 Å². The van der Waals surface area contributed by atoms with Gasteiger partial charge in [0, 0.05) is 10.4 Å². The average molecular weight is 584 g/mol. The van der Waals surface area contributed by atoms with E-state index in [1.165, 1.54) is 31.6 Å². The minimum absolute atomic E-state index is 0.160. The zero-order chi connectivity index (χ0) is 28.8. The molecule has 1 aliphatic carbocycles. The van der Waals surface area contributed by atoms with Gasteiger partial charge in [-0.05, 0) is 68.5 Å². The number of halogens is 1. The van der Waals surface area contributed by atoms with E-state index in [4.69, 9.17) is 25.8 Å². The second-order valence-electron chi connectivity index (χ2n) is 8.73. The number of hydrogen-bond donors (Lipinski definition) is 2. The number of methoxy groups -OCH3 is 2. The number of thiophene rings is 1. The quantitative estimate of drug-likeness (QED) is 0.135. The number of anilines is 1. The smallest absolute Gasteiger partial charge is 0.345 e. The fraction of sp³-hybridized carbons (Fsp3) is 0.250. The van der Waals surface area contributed by atoms with Gasteiger partial charge in [-0.1, -0.05) is 23.7 Å². The van der Waals surface area contributed by atoms with Crippen LogP contribution in [0.25, 0.3) is 0 Å². The van der Waals surface area contributed by atoms with Crippen molar-refractivity contribution in [1.29, 1.82) is 0 Å². The SMILES string of the molecule is COC(=O)c1c(NC(=O)C(=O)N/N=C(\C)c2ccc(OC(=O)c3ccccc3Cl)c(OC)c2)sc2c1CCCC2. The lowest BCUT2D eigenvalue weighted by molar-refractivity contribution is -0.136. The van der Waals surface area contributed by atoms with Crippen LogP contribution in [-0.4, -0.2) is 43.7 Å². The van der Waals surface area contributed by atoms with Gasteiger partial charge in [0.1, 0.15) is 5.00 Å². The first-order valence-corrected chi connectivity index (χ1v) is 13.5. The Kier molecular flexibility index (Phi) is 9.18. The fourth-order valence-electron chi connectivity index (χ4n) is 4.14. The Morgan fingerprint density at radius 2 is 1.70 bits per heavy atom. The molecule has 2 amide bonds. The van der Waals surface area contributed by atoms with Crippen LogP contribution in [0, 0.1) is 0 Å². The van der Waals surface area contributed by atoms with Crippen molar-refractivity contribution < 1.29 is 33.4 Å². The van der Waals surface area contributed by atoms with Crippen molar-refractivity contribution in [2.75, 3.05) is 19.5 Å². The van der Waals surface area contributed by atoms with E-state index in [-0.39, 0.29) is 27.1 Å². The van der Waals surface area contributed by atoms with Gasteiger partial charge < -0.3 is 19.5 Å². The molecule has 208 valence electrons. The molecular formula is C28H26ClN3O7S. The second-order valence-corrected chi connectivity index (χ2v) is 10.2. The predicted molar refractivity (Wildman–Crippen MR) is 151 cm³/mol. The number of carbonyl (C=O) groups is 4. The Bertz CT molecular complexity index is 1520. The summed E-state index contributed by atoms with van der Waals surface area (Å²) in [5.41, 5.74) is 4.47. The number of rotatable bonds is 7. The third kappa shape index (κ3) is 6.32. The Morgan fingerprint density at radius 3 is 2.42 bits per heavy atom. The summed E-state index contributed by atoms with van der Waals surface area (Å²) >= 11 is 7.35. The molecule has 0 saturated heterocycles. The molecule has 2 N–H and O–H groups in total. The maximum atomic E-state index is 12.6. The van der Waals surface area contributed by atoms with Crippen molar-refractivity contribution >= 4 is 57.4 Å². The van der Waals surface area contributed by atoms with Crippen LogP contribution in [0.4, 0.5) is 5.00 Å². The van der Waals surface area contributed by atoms with Gasteiger partial charge in [0.05, 0.1) is 36.1 Å². The molecule has 1 aliphatic rings. The number of fused-ring (bicyclic) bond motifs is 1. The zero-order valence-corrected chi connectivity index (χ0v) is 23.5. The largest absolute Gasteiger partial charge is 0.493 e. The molecule has 2 aromatic carbocycles. The lowest BCUT2D eigenvalue weighted by atomic mass is 9.95. The number of benzene rings is 2. The number of hydrogen-bond acceptors (Lipinski definition) is 9. The molecule has 12 heteroatoms. The molecule has 1 heterocycles. The molecule has 1 aromatic heterocycles. The molecule has 0 spiro atoms. The molecule has 4 rings (SSSR count). The molecule has 0 radical (unpaired) electrons. The standard InChI is InChI=1S/C28H26ClN3O7S/c1-15(16-12-13-20(21(14-16)37-2)39-27(35)17-8-4-6-10-19(17)29)31-32-25(34)24(33)30-26-23(28(36)38-3)18-9-5-7-11-22(18)40-26/h4,6,8,10,12-14H,5,7,9,11H2,1-3H3,(H,30,33)(H,32,34)/b31-15+. The van der Waals surface area contributed by atoms with Gasteiger partial charge in [-0.25, -0.2) is 15.0 Å². The summed E-state index contributed by atoms with van der Waals surface area (Å²) in [5.74, 6) is -2.79. The molecule has 0 saturated carbocycles. The Labute approximate surface area is 239 Å². The van der Waals surface area contributed by atoms with Gasteiger partial charge in [-0.3, -0.25) is 9.59 Å². The van der Waals surface area contributed by atoms with E-state index in [9.17, 15) is 19.2 Å². The predicted octanol–water partition coefficient (Wildman–Crippen LogP) is 4.77. The van der Waals surface area contributed by atoms with Gasteiger partial charge in [-0.2, -0.15) is 5.10 Å². The van der Waals surface area contributed by atoms with Crippen LogP contribution in [0.2, 0.25) is 5.02 Å². The molecule has 0 bridgehead atoms. The van der Waals surface area contributed by atoms with Crippen molar-refractivity contribution in [3.63, 3.8) is 0 Å². The van der Waals surface area contributed by atoms with Crippen LogP contribution in [0.1, 0.15) is 56.5 Å². The monoisotopic (exact) mass is 583 g/mol. The highest BCUT2D eigenvalue weighted by Gasteiger charge is 2.28. The van der Waals surface area contributed by atoms with Gasteiger partial charge in [0.25, 0.3) is 0 Å². The summed E-state index contributed by atoms with van der Waals surface area (Å²) in [6, 6.07) is 11.2. The summed E-state index contributed by atoms with van der Waals surface area (Å²) in [4.78, 5) is 51.0. The number of aryl methyl sites for hydroxylation is 1. The maximum Gasteiger partial charge on any atom is 0.345 e. The van der Waals surface area contributed by atoms with E-state index in [1.54, 1.807) is 43.3 Å². The normalized spacial score (nSPS) is 12.7. The summed E-state index contributed by atoms with van der Waals surface area (Å²) in [6.45, 7) is 1.62. The van der Waals surface area contributed by atoms with Crippen LogP contribution in [-0.2, 0) is 27.2 Å². The zero-order valence-electron chi connectivity index (χ0n) is 22.0. The van der Waals surface area contributed by atoms with E-state index in [0.29, 0.717) is 23.3 Å². The molecule has 0 atom stereocenters. The number of nitrogens with zero attached hydrogens (tertiary/aromatic N) is 1. The first-order valence-electron chi connectivity index (χ1n) is 12.3. The number of hydrazone groups is 1. The van der Waals surface area contributed by atoms with Crippen LogP contribution in [0.15, 0.2) is 47.6 Å². The summed E-state index contributed by atoms with van der Waals surface area (Å²) in [7, 11) is 2.69. The van der Waals surface area contributed by atoms with Gasteiger partial charge >= 0.3 is 23.8 Å². The number of carbonyl (C=O) groups excluding carboxylic acids is 4. The van der Waals surface area contributed by atoms with Gasteiger partial charge in [-0.15, -0.1) is 11.3 Å². The number of nitrogens with one attached hydrogen (secondary N) is 2. The van der Waals surface area contributed by atoms with Crippen molar-refractivity contribution in [1.82, 2.24) is 5.43 Å². The lowest BCUT2D eigenvalue weighted by Crippen LogP contribution is -2.33. The molecule has 0 unspecified atom stereocenters. The van der Waals surface area contributed by atoms with Gasteiger partial charge in [0.15, 0.2) is 11.5 Å². The lowest BCUT2D eigenvalue weighted by Gasteiger charge is -2.12. The van der Waals surface area contributed by atoms with Crippen LogP contribution < -0.4 is 20.2 Å². The Hall–Kier alpha value is -4.22. The minimum atomic E-state index is -1.02. The van der Waals surface area contributed by atoms with Crippen molar-refractivity contribution in [3.8, 4) is 11.5 Å². The minimum Gasteiger partial charge on any atom is -0.493 e. The number of amides is 2. The van der Waals surface area contributed by atoms with Gasteiger partial charge in [0.2, 0.25) is 0 Å². The van der Waals surface area contributed by atoms with E-state index in [1.807, 2.05) is 0 Å². The highest BCUT2D eigenvalue weighted by atomic mass is 35.5. The van der Waals surface area contributed by atoms with Crippen LogP contribution in [0.5, 0.6) is 11.5 Å². The molecule has 10 nitrogen and oxygen atoms in total. The third-order valence-electron chi connectivity index (χ3n) is 6.20. The molecular weight excluding hydrogens is 558 g/mol. The first-order chi connectivity index (χ1) is 19.2. The molecule has 0 fully saturated rings. The highest BCUT2D eigenvalue weighted by molar-refractivity contribution is 7.17. The fourth-order valence-corrected chi connectivity index (χ4v) is 5.63. The second kappa shape index (κ2) is 12.8. The van der Waals surface area contributed by atoms with Crippen molar-refractivity contribution in [3.05, 3.63) is 74.6 Å². The van der Waals surface area contributed by atoms with E-state index < -0.39 is 23.8 Å². The third-order valence-corrected chi connectivity index (χ3v) is 7.73. The van der Waals surface area contributed by atoms with Crippen molar-refractivity contribution in [2.24, 2.45) is 5.10 Å². The van der Waals surface area contributed by atoms with E-state index >= 15 is 0 Å². The molecule has 40 heavy (non-hydrogen) atoms. The summed E-state index contributed by atoms with van der Waals surface area (Å²) in [6.07, 6.45) is 3.44. The summed E-state index contributed by atoms with van der Waals surface area (Å²) < 4.78 is 15.7. The maximum absolute atomic E-state index is 12.6.